The highest BCUT2D eigenvalue weighted by molar-refractivity contribution is 9.10. The summed E-state index contributed by atoms with van der Waals surface area (Å²) in [5.41, 5.74) is -0.654. The topological polar surface area (TPSA) is 80.4 Å². The first-order valence-electron chi connectivity index (χ1n) is 4.30. The Morgan fingerprint density at radius 1 is 1.53 bits per heavy atom. The Morgan fingerprint density at radius 3 is 2.29 bits per heavy atom. The molecule has 0 saturated heterocycles. The Hall–Kier alpha value is -1.12. The number of aliphatic carboxylic acids is 1. The van der Waals surface area contributed by atoms with Crippen LogP contribution in [-0.4, -0.2) is 33.0 Å². The monoisotopic (exact) mass is 319 g/mol. The molecule has 17 heavy (non-hydrogen) atoms. The molecule has 0 aromatic heterocycles. The molecule has 0 rings (SSSR count). The highest BCUT2D eigenvalue weighted by Gasteiger charge is 2.48. The van der Waals surface area contributed by atoms with Crippen LogP contribution >= 0.6 is 15.9 Å². The van der Waals surface area contributed by atoms with Crippen LogP contribution in [0.25, 0.3) is 0 Å². The van der Waals surface area contributed by atoms with Crippen LogP contribution in [0.5, 0.6) is 0 Å². The normalized spacial score (nSPS) is 16.4. The van der Waals surface area contributed by atoms with Gasteiger partial charge in [0.15, 0.2) is 0 Å². The smallest absolute Gasteiger partial charge is 0.407 e. The number of alkyl halides is 4. The quantitative estimate of drug-likeness (QED) is 0.365. The van der Waals surface area contributed by atoms with Crippen LogP contribution < -0.4 is 0 Å². The van der Waals surface area contributed by atoms with E-state index in [0.717, 1.165) is 6.92 Å². The van der Waals surface area contributed by atoms with Gasteiger partial charge in [-0.25, -0.2) is 4.79 Å². The maximum atomic E-state index is 12.4. The number of nitrogens with zero attached hydrogens (tertiary/aromatic N) is 1. The number of rotatable bonds is 5. The maximum absolute atomic E-state index is 12.4. The van der Waals surface area contributed by atoms with Gasteiger partial charge >= 0.3 is 12.1 Å². The van der Waals surface area contributed by atoms with Crippen molar-refractivity contribution in [2.45, 2.75) is 23.8 Å². The Balaban J connectivity index is 5.06. The number of halogens is 4. The van der Waals surface area contributed by atoms with Crippen molar-refractivity contribution >= 4 is 21.9 Å². The fourth-order valence-corrected chi connectivity index (χ4v) is 1.14. The van der Waals surface area contributed by atoms with Crippen LogP contribution in [0.3, 0.4) is 0 Å². The van der Waals surface area contributed by atoms with E-state index >= 15 is 0 Å². The van der Waals surface area contributed by atoms with Crippen molar-refractivity contribution in [2.75, 3.05) is 6.54 Å². The van der Waals surface area contributed by atoms with Crippen molar-refractivity contribution in [3.8, 4) is 0 Å². The molecule has 0 amide bonds. The minimum absolute atomic E-state index is 0.429. The zero-order valence-electron chi connectivity index (χ0n) is 8.62. The molecule has 9 heteroatoms. The molecule has 0 bridgehead atoms. The molecule has 0 aromatic carbocycles. The van der Waals surface area contributed by atoms with E-state index in [2.05, 4.69) is 15.9 Å². The lowest BCUT2D eigenvalue weighted by atomic mass is 10.0. The lowest BCUT2D eigenvalue weighted by Gasteiger charge is -2.22. The molecule has 0 radical (unpaired) electrons. The van der Waals surface area contributed by atoms with Crippen LogP contribution in [0.4, 0.5) is 13.2 Å². The Bertz CT molecular complexity index is 351. The highest BCUT2D eigenvalue weighted by atomic mass is 79.9. The average molecular weight is 320 g/mol. The van der Waals surface area contributed by atoms with E-state index in [0.29, 0.717) is 6.08 Å². The van der Waals surface area contributed by atoms with E-state index in [1.54, 1.807) is 0 Å². The molecular formula is C8H9BrF3NO4. The second-order valence-electron chi connectivity index (χ2n) is 3.35. The van der Waals surface area contributed by atoms with Gasteiger partial charge in [-0.1, -0.05) is 15.9 Å². The average Bonchev–Trinajstić information content (AvgIpc) is 2.09. The molecule has 1 atom stereocenters. The molecule has 0 aliphatic carbocycles. The second kappa shape index (κ2) is 5.48. The van der Waals surface area contributed by atoms with E-state index in [1.165, 1.54) is 0 Å². The van der Waals surface area contributed by atoms with Crippen molar-refractivity contribution < 1.29 is 28.0 Å². The number of carboxylic acid groups (broad SMARTS) is 1. The summed E-state index contributed by atoms with van der Waals surface area (Å²) in [4.78, 5) is 19.9. The minimum atomic E-state index is -4.69. The molecule has 0 fully saturated rings. The molecule has 5 nitrogen and oxygen atoms in total. The van der Waals surface area contributed by atoms with Gasteiger partial charge in [0.1, 0.15) is 4.32 Å². The van der Waals surface area contributed by atoms with E-state index in [-0.39, 0.29) is 0 Å². The summed E-state index contributed by atoms with van der Waals surface area (Å²) in [6, 6.07) is 0. The summed E-state index contributed by atoms with van der Waals surface area (Å²) in [5.74, 6) is -1.61. The number of hydrogen-bond acceptors (Lipinski definition) is 3. The number of nitro groups is 1. The van der Waals surface area contributed by atoms with Gasteiger partial charge < -0.3 is 5.11 Å². The number of allylic oxidation sites excluding steroid dienone is 1. The van der Waals surface area contributed by atoms with Crippen LogP contribution in [0.2, 0.25) is 0 Å². The van der Waals surface area contributed by atoms with Crippen molar-refractivity contribution in [2.24, 2.45) is 0 Å². The zero-order chi connectivity index (χ0) is 13.9. The van der Waals surface area contributed by atoms with Crippen LogP contribution in [0, 0.1) is 10.1 Å². The summed E-state index contributed by atoms with van der Waals surface area (Å²) in [6.45, 7) is -0.0127. The van der Waals surface area contributed by atoms with Gasteiger partial charge in [0.05, 0.1) is 0 Å². The predicted molar refractivity (Wildman–Crippen MR) is 55.6 cm³/mol. The number of hydrogen-bond donors (Lipinski definition) is 1. The third kappa shape index (κ3) is 5.16. The van der Waals surface area contributed by atoms with Crippen molar-refractivity contribution in [1.82, 2.24) is 0 Å². The van der Waals surface area contributed by atoms with Gasteiger partial charge in [0.2, 0.25) is 6.54 Å². The van der Waals surface area contributed by atoms with Crippen LogP contribution in [-0.2, 0) is 4.79 Å². The fraction of sp³-hybridized carbons (Fsp3) is 0.625. The van der Waals surface area contributed by atoms with Crippen LogP contribution in [0.1, 0.15) is 13.3 Å². The van der Waals surface area contributed by atoms with Crippen LogP contribution in [0.15, 0.2) is 11.6 Å². The lowest BCUT2D eigenvalue weighted by Crippen LogP contribution is -2.34. The first-order chi connectivity index (χ1) is 7.47. The number of carboxylic acids is 1. The van der Waals surface area contributed by atoms with E-state index in [9.17, 15) is 28.1 Å². The van der Waals surface area contributed by atoms with Gasteiger partial charge in [-0.05, 0) is 13.0 Å². The summed E-state index contributed by atoms with van der Waals surface area (Å²) < 4.78 is 34.8. The lowest BCUT2D eigenvalue weighted by molar-refractivity contribution is -0.479. The SMILES string of the molecule is CC(Br)(C=C(CC[N+](=O)[O-])C(=O)O)C(F)(F)F. The number of carbonyl (C=O) groups is 1. The zero-order valence-corrected chi connectivity index (χ0v) is 10.2. The van der Waals surface area contributed by atoms with Gasteiger partial charge in [-0.2, -0.15) is 13.2 Å². The molecule has 98 valence electrons. The highest BCUT2D eigenvalue weighted by Crippen LogP contribution is 2.39. The molecule has 0 heterocycles. The summed E-state index contributed by atoms with van der Waals surface area (Å²) in [6.07, 6.45) is -4.83. The minimum Gasteiger partial charge on any atom is -0.478 e. The van der Waals surface area contributed by atoms with Crippen molar-refractivity contribution in [3.05, 3.63) is 21.8 Å². The molecule has 0 aromatic rings. The molecule has 0 aliphatic rings. The van der Waals surface area contributed by atoms with E-state index in [1.807, 2.05) is 0 Å². The second-order valence-corrected chi connectivity index (χ2v) is 5.00. The first-order valence-corrected chi connectivity index (χ1v) is 5.09. The van der Waals surface area contributed by atoms with Gasteiger partial charge in [-0.3, -0.25) is 10.1 Å². The molecule has 0 spiro atoms. The Labute approximate surface area is 103 Å². The molecule has 0 aliphatic heterocycles. The first kappa shape index (κ1) is 15.9. The summed E-state index contributed by atoms with van der Waals surface area (Å²) in [7, 11) is 0. The molecular weight excluding hydrogens is 311 g/mol. The largest absolute Gasteiger partial charge is 0.478 e. The standard InChI is InChI=1S/C8H9BrF3NO4/c1-7(9,8(10,11)12)4-5(6(14)15)2-3-13(16)17/h4H,2-3H2,1H3,(H,14,15). The van der Waals surface area contributed by atoms with E-state index < -0.39 is 39.9 Å². The van der Waals surface area contributed by atoms with Gasteiger partial charge in [-0.15, -0.1) is 0 Å². The molecule has 1 N–H and O–H groups in total. The van der Waals surface area contributed by atoms with Crippen molar-refractivity contribution in [3.63, 3.8) is 0 Å². The summed E-state index contributed by atoms with van der Waals surface area (Å²) in [5, 5.41) is 18.7. The Kier molecular flexibility index (Phi) is 5.12. The summed E-state index contributed by atoms with van der Waals surface area (Å²) >= 11 is 2.34. The fourth-order valence-electron chi connectivity index (χ4n) is 0.862. The molecule has 1 unspecified atom stereocenters. The maximum Gasteiger partial charge on any atom is 0.407 e. The third-order valence-corrected chi connectivity index (χ3v) is 2.52. The van der Waals surface area contributed by atoms with E-state index in [4.69, 9.17) is 5.11 Å². The van der Waals surface area contributed by atoms with Gasteiger partial charge in [0, 0.05) is 16.9 Å². The Morgan fingerprint density at radius 2 is 2.00 bits per heavy atom. The van der Waals surface area contributed by atoms with Gasteiger partial charge in [0.25, 0.3) is 0 Å². The third-order valence-electron chi connectivity index (χ3n) is 1.84. The van der Waals surface area contributed by atoms with Crippen molar-refractivity contribution in [1.29, 1.82) is 0 Å². The predicted octanol–water partition coefficient (Wildman–Crippen LogP) is 2.38. The molecule has 0 saturated carbocycles.